The summed E-state index contributed by atoms with van der Waals surface area (Å²) in [5.41, 5.74) is 2.99. The van der Waals surface area contributed by atoms with Crippen molar-refractivity contribution in [2.75, 3.05) is 6.54 Å². The number of aryl methyl sites for hydroxylation is 2. The molecule has 0 atom stereocenters. The number of nitrogens with one attached hydrogen (secondary N) is 1. The number of hydrogen-bond acceptors (Lipinski definition) is 3. The lowest BCUT2D eigenvalue weighted by Crippen LogP contribution is -2.13. The molecule has 1 N–H and O–H groups in total. The van der Waals surface area contributed by atoms with Crippen LogP contribution in [0.5, 0.6) is 0 Å². The summed E-state index contributed by atoms with van der Waals surface area (Å²) in [4.78, 5) is 4.48. The van der Waals surface area contributed by atoms with Crippen LogP contribution in [0.15, 0.2) is 18.3 Å². The van der Waals surface area contributed by atoms with Crippen molar-refractivity contribution < 1.29 is 0 Å². The monoisotopic (exact) mass is 264 g/mol. The summed E-state index contributed by atoms with van der Waals surface area (Å²) in [5, 5.41) is 8.31. The predicted molar refractivity (Wildman–Crippen MR) is 73.2 cm³/mol. The van der Waals surface area contributed by atoms with Gasteiger partial charge < -0.3 is 5.32 Å². The first kappa shape index (κ1) is 13.1. The van der Waals surface area contributed by atoms with Crippen molar-refractivity contribution in [1.29, 1.82) is 0 Å². The Morgan fingerprint density at radius 1 is 1.33 bits per heavy atom. The van der Waals surface area contributed by atoms with E-state index in [1.54, 1.807) is 10.9 Å². The predicted octanol–water partition coefficient (Wildman–Crippen LogP) is 2.65. The molecule has 2 aromatic heterocycles. The van der Waals surface area contributed by atoms with Gasteiger partial charge in [0.05, 0.1) is 16.9 Å². The van der Waals surface area contributed by atoms with Gasteiger partial charge in [-0.1, -0.05) is 18.5 Å². The van der Waals surface area contributed by atoms with Crippen LogP contribution in [0.3, 0.4) is 0 Å². The van der Waals surface area contributed by atoms with Crippen LogP contribution in [-0.4, -0.2) is 21.3 Å². The highest BCUT2D eigenvalue weighted by molar-refractivity contribution is 6.31. The lowest BCUT2D eigenvalue weighted by atomic mass is 10.2. The van der Waals surface area contributed by atoms with Crippen LogP contribution in [0.25, 0.3) is 5.82 Å². The number of aromatic nitrogens is 3. The molecule has 0 bridgehead atoms. The van der Waals surface area contributed by atoms with E-state index in [0.29, 0.717) is 5.02 Å². The largest absolute Gasteiger partial charge is 0.313 e. The summed E-state index contributed by atoms with van der Waals surface area (Å²) in [7, 11) is 0. The Balaban J connectivity index is 2.35. The van der Waals surface area contributed by atoms with Crippen molar-refractivity contribution >= 4 is 11.6 Å². The van der Waals surface area contributed by atoms with Gasteiger partial charge in [0.25, 0.3) is 0 Å². The molecule has 4 nitrogen and oxygen atoms in total. The second-order valence-corrected chi connectivity index (χ2v) is 4.67. The highest BCUT2D eigenvalue weighted by Gasteiger charge is 2.07. The molecule has 5 heteroatoms. The number of pyridine rings is 1. The van der Waals surface area contributed by atoms with E-state index < -0.39 is 0 Å². The van der Waals surface area contributed by atoms with Crippen LogP contribution >= 0.6 is 11.6 Å². The van der Waals surface area contributed by atoms with Gasteiger partial charge in [0.1, 0.15) is 0 Å². The average molecular weight is 265 g/mol. The fourth-order valence-electron chi connectivity index (χ4n) is 1.77. The van der Waals surface area contributed by atoms with Crippen LogP contribution < -0.4 is 5.32 Å². The molecule has 0 unspecified atom stereocenters. The second kappa shape index (κ2) is 5.50. The van der Waals surface area contributed by atoms with Gasteiger partial charge in [-0.2, -0.15) is 5.10 Å². The minimum atomic E-state index is 0.659. The fourth-order valence-corrected chi connectivity index (χ4v) is 1.90. The lowest BCUT2D eigenvalue weighted by molar-refractivity contribution is 0.721. The summed E-state index contributed by atoms with van der Waals surface area (Å²) in [6, 6.07) is 4.10. The van der Waals surface area contributed by atoms with E-state index in [1.807, 2.05) is 19.9 Å². The van der Waals surface area contributed by atoms with E-state index in [9.17, 15) is 0 Å². The van der Waals surface area contributed by atoms with E-state index in [4.69, 9.17) is 11.6 Å². The summed E-state index contributed by atoms with van der Waals surface area (Å²) in [5.74, 6) is 0.804. The van der Waals surface area contributed by atoms with Crippen molar-refractivity contribution in [1.82, 2.24) is 20.1 Å². The maximum atomic E-state index is 6.02. The molecule has 0 aliphatic carbocycles. The van der Waals surface area contributed by atoms with E-state index >= 15 is 0 Å². The molecule has 0 spiro atoms. The van der Waals surface area contributed by atoms with Gasteiger partial charge in [-0.15, -0.1) is 0 Å². The molecule has 0 aromatic carbocycles. The highest BCUT2D eigenvalue weighted by atomic mass is 35.5. The summed E-state index contributed by atoms with van der Waals surface area (Å²) in [6.45, 7) is 7.74. The molecule has 0 aliphatic rings. The summed E-state index contributed by atoms with van der Waals surface area (Å²) < 4.78 is 1.72. The minimum Gasteiger partial charge on any atom is -0.313 e. The third-order valence-corrected chi connectivity index (χ3v) is 3.02. The number of hydrogen-bond donors (Lipinski definition) is 1. The summed E-state index contributed by atoms with van der Waals surface area (Å²) >= 11 is 6.02. The van der Waals surface area contributed by atoms with Gasteiger partial charge in [-0.25, -0.2) is 9.67 Å². The topological polar surface area (TPSA) is 42.7 Å². The smallest absolute Gasteiger partial charge is 0.153 e. The molecular weight excluding hydrogens is 248 g/mol. The van der Waals surface area contributed by atoms with Crippen LogP contribution in [0.4, 0.5) is 0 Å². The zero-order chi connectivity index (χ0) is 13.1. The van der Waals surface area contributed by atoms with Crippen molar-refractivity contribution in [2.45, 2.75) is 27.3 Å². The number of rotatable bonds is 4. The standard InChI is InChI=1S/C13H17ClN4/c1-4-15-7-11-5-9(2)16-13(6-11)18-8-12(14)10(3)17-18/h5-6,8,15H,4,7H2,1-3H3. The maximum absolute atomic E-state index is 6.02. The first-order chi connectivity index (χ1) is 8.60. The first-order valence-corrected chi connectivity index (χ1v) is 6.38. The third-order valence-electron chi connectivity index (χ3n) is 2.65. The Labute approximate surface area is 112 Å². The molecule has 0 aliphatic heterocycles. The molecular formula is C13H17ClN4. The van der Waals surface area contributed by atoms with Gasteiger partial charge in [0.15, 0.2) is 5.82 Å². The van der Waals surface area contributed by atoms with Gasteiger partial charge in [0.2, 0.25) is 0 Å². The Morgan fingerprint density at radius 3 is 2.72 bits per heavy atom. The number of halogens is 1. The van der Waals surface area contributed by atoms with Crippen LogP contribution in [-0.2, 0) is 6.54 Å². The minimum absolute atomic E-state index is 0.659. The Bertz CT molecular complexity index is 528. The molecule has 0 radical (unpaired) electrons. The van der Waals surface area contributed by atoms with E-state index in [-0.39, 0.29) is 0 Å². The maximum Gasteiger partial charge on any atom is 0.153 e. The molecule has 0 amide bonds. The second-order valence-electron chi connectivity index (χ2n) is 4.26. The summed E-state index contributed by atoms with van der Waals surface area (Å²) in [6.07, 6.45) is 1.79. The first-order valence-electron chi connectivity index (χ1n) is 6.00. The highest BCUT2D eigenvalue weighted by Crippen LogP contribution is 2.16. The quantitative estimate of drug-likeness (QED) is 0.923. The molecule has 0 saturated carbocycles. The molecule has 0 saturated heterocycles. The van der Waals surface area contributed by atoms with Crippen molar-refractivity contribution in [3.8, 4) is 5.82 Å². The molecule has 2 rings (SSSR count). The van der Waals surface area contributed by atoms with Gasteiger partial charge >= 0.3 is 0 Å². The van der Waals surface area contributed by atoms with Gasteiger partial charge in [-0.05, 0) is 38.1 Å². The van der Waals surface area contributed by atoms with Crippen LogP contribution in [0, 0.1) is 13.8 Å². The fraction of sp³-hybridized carbons (Fsp3) is 0.385. The van der Waals surface area contributed by atoms with Crippen LogP contribution in [0.1, 0.15) is 23.9 Å². The normalized spacial score (nSPS) is 10.9. The molecule has 0 fully saturated rings. The SMILES string of the molecule is CCNCc1cc(C)nc(-n2cc(Cl)c(C)n2)c1. The Hall–Kier alpha value is -1.39. The van der Waals surface area contributed by atoms with Gasteiger partial charge in [-0.3, -0.25) is 0 Å². The van der Waals surface area contributed by atoms with Crippen molar-refractivity contribution in [3.05, 3.63) is 40.3 Å². The number of nitrogens with zero attached hydrogens (tertiary/aromatic N) is 3. The third kappa shape index (κ3) is 2.89. The molecule has 18 heavy (non-hydrogen) atoms. The Kier molecular flexibility index (Phi) is 3.99. The van der Waals surface area contributed by atoms with E-state index in [2.05, 4.69) is 28.4 Å². The van der Waals surface area contributed by atoms with Crippen LogP contribution in [0.2, 0.25) is 5.02 Å². The molecule has 96 valence electrons. The van der Waals surface area contributed by atoms with E-state index in [1.165, 1.54) is 5.56 Å². The zero-order valence-corrected chi connectivity index (χ0v) is 11.6. The van der Waals surface area contributed by atoms with Gasteiger partial charge in [0, 0.05) is 12.2 Å². The molecule has 2 aromatic rings. The lowest BCUT2D eigenvalue weighted by Gasteiger charge is -2.07. The van der Waals surface area contributed by atoms with Crippen molar-refractivity contribution in [2.24, 2.45) is 0 Å². The van der Waals surface area contributed by atoms with Crippen molar-refractivity contribution in [3.63, 3.8) is 0 Å². The average Bonchev–Trinajstić information content (AvgIpc) is 2.66. The zero-order valence-electron chi connectivity index (χ0n) is 10.9. The Morgan fingerprint density at radius 2 is 2.11 bits per heavy atom. The van der Waals surface area contributed by atoms with E-state index in [0.717, 1.165) is 30.3 Å². The molecule has 2 heterocycles.